The first-order valence-corrected chi connectivity index (χ1v) is 6.75. The van der Waals surface area contributed by atoms with E-state index in [9.17, 15) is 0 Å². The number of halogens is 1. The molecule has 3 nitrogen and oxygen atoms in total. The molecule has 0 aliphatic heterocycles. The third-order valence-corrected chi connectivity index (χ3v) is 3.21. The fraction of sp³-hybridized carbons (Fsp3) is 0.538. The molecule has 0 saturated carbocycles. The quantitative estimate of drug-likeness (QED) is 0.722. The fourth-order valence-corrected chi connectivity index (χ4v) is 2.20. The first-order chi connectivity index (χ1) is 8.27. The Labute approximate surface area is 112 Å². The largest absolute Gasteiger partial charge is 0.496 e. The van der Waals surface area contributed by atoms with Gasteiger partial charge in [-0.05, 0) is 73.1 Å². The van der Waals surface area contributed by atoms with Crippen molar-refractivity contribution in [3.8, 4) is 5.75 Å². The molecule has 1 rings (SSSR count). The van der Waals surface area contributed by atoms with Gasteiger partial charge in [0, 0.05) is 0 Å². The van der Waals surface area contributed by atoms with E-state index in [-0.39, 0.29) is 0 Å². The van der Waals surface area contributed by atoms with E-state index < -0.39 is 0 Å². The summed E-state index contributed by atoms with van der Waals surface area (Å²) in [4.78, 5) is 0. The molecule has 0 spiro atoms. The van der Waals surface area contributed by atoms with Gasteiger partial charge in [0.1, 0.15) is 5.75 Å². The zero-order chi connectivity index (χ0) is 12.5. The third kappa shape index (κ3) is 5.52. The molecule has 0 aromatic heterocycles. The summed E-state index contributed by atoms with van der Waals surface area (Å²) in [5, 5.41) is 6.57. The lowest BCUT2D eigenvalue weighted by Crippen LogP contribution is -2.21. The van der Waals surface area contributed by atoms with Crippen molar-refractivity contribution in [1.82, 2.24) is 10.6 Å². The first kappa shape index (κ1) is 14.5. The number of benzene rings is 1. The number of hydrogen-bond acceptors (Lipinski definition) is 3. The van der Waals surface area contributed by atoms with Gasteiger partial charge in [0.25, 0.3) is 0 Å². The highest BCUT2D eigenvalue weighted by Crippen LogP contribution is 2.25. The summed E-state index contributed by atoms with van der Waals surface area (Å²) in [5.41, 5.74) is 1.32. The topological polar surface area (TPSA) is 33.3 Å². The first-order valence-electron chi connectivity index (χ1n) is 5.95. The molecule has 0 heterocycles. The monoisotopic (exact) mass is 300 g/mol. The average molecular weight is 301 g/mol. The van der Waals surface area contributed by atoms with Crippen LogP contribution in [0.1, 0.15) is 12.0 Å². The molecule has 0 unspecified atom stereocenters. The molecule has 0 radical (unpaired) electrons. The maximum Gasteiger partial charge on any atom is 0.133 e. The van der Waals surface area contributed by atoms with Crippen LogP contribution in [0.3, 0.4) is 0 Å². The Balaban J connectivity index is 2.25. The third-order valence-electron chi connectivity index (χ3n) is 2.59. The molecule has 4 heteroatoms. The molecule has 0 bridgehead atoms. The van der Waals surface area contributed by atoms with E-state index in [4.69, 9.17) is 4.74 Å². The maximum atomic E-state index is 5.20. The van der Waals surface area contributed by atoms with Crippen molar-refractivity contribution < 1.29 is 4.74 Å². The molecule has 2 N–H and O–H groups in total. The fourth-order valence-electron chi connectivity index (χ4n) is 1.61. The second-order valence-corrected chi connectivity index (χ2v) is 4.78. The van der Waals surface area contributed by atoms with Crippen LogP contribution in [0.15, 0.2) is 22.7 Å². The van der Waals surface area contributed by atoms with Gasteiger partial charge in [-0.25, -0.2) is 0 Å². The van der Waals surface area contributed by atoms with E-state index in [1.807, 2.05) is 13.1 Å². The second-order valence-electron chi connectivity index (χ2n) is 3.93. The van der Waals surface area contributed by atoms with Crippen LogP contribution in [0.25, 0.3) is 0 Å². The van der Waals surface area contributed by atoms with Crippen molar-refractivity contribution in [1.29, 1.82) is 0 Å². The molecular weight excluding hydrogens is 280 g/mol. The van der Waals surface area contributed by atoms with Gasteiger partial charge in [-0.1, -0.05) is 6.07 Å². The van der Waals surface area contributed by atoms with E-state index >= 15 is 0 Å². The lowest BCUT2D eigenvalue weighted by Gasteiger charge is -2.07. The van der Waals surface area contributed by atoms with Crippen LogP contribution in [0, 0.1) is 0 Å². The molecule has 1 aromatic carbocycles. The van der Waals surface area contributed by atoms with Gasteiger partial charge in [0.2, 0.25) is 0 Å². The summed E-state index contributed by atoms with van der Waals surface area (Å²) in [5.74, 6) is 0.885. The highest BCUT2D eigenvalue weighted by atomic mass is 79.9. The van der Waals surface area contributed by atoms with Crippen LogP contribution in [0.4, 0.5) is 0 Å². The minimum Gasteiger partial charge on any atom is -0.496 e. The SMILES string of the molecule is CNCCCNCCc1ccc(OC)c(Br)c1. The summed E-state index contributed by atoms with van der Waals surface area (Å²) in [6.45, 7) is 3.15. The molecule has 0 atom stereocenters. The van der Waals surface area contributed by atoms with E-state index in [1.54, 1.807) is 7.11 Å². The predicted octanol–water partition coefficient (Wildman–Crippen LogP) is 2.20. The molecule has 0 saturated heterocycles. The number of ether oxygens (including phenoxy) is 1. The maximum absolute atomic E-state index is 5.20. The lowest BCUT2D eigenvalue weighted by molar-refractivity contribution is 0.412. The smallest absolute Gasteiger partial charge is 0.133 e. The Morgan fingerprint density at radius 1 is 1.24 bits per heavy atom. The summed E-state index contributed by atoms with van der Waals surface area (Å²) in [7, 11) is 3.66. The average Bonchev–Trinajstić information content (AvgIpc) is 2.34. The van der Waals surface area contributed by atoms with Gasteiger partial charge < -0.3 is 15.4 Å². The number of methoxy groups -OCH3 is 1. The zero-order valence-electron chi connectivity index (χ0n) is 10.6. The Morgan fingerprint density at radius 2 is 2.06 bits per heavy atom. The van der Waals surface area contributed by atoms with E-state index in [1.165, 1.54) is 12.0 Å². The van der Waals surface area contributed by atoms with Gasteiger partial charge in [0.05, 0.1) is 11.6 Å². The van der Waals surface area contributed by atoms with Crippen LogP contribution >= 0.6 is 15.9 Å². The number of hydrogen-bond donors (Lipinski definition) is 2. The predicted molar refractivity (Wildman–Crippen MR) is 75.8 cm³/mol. The van der Waals surface area contributed by atoms with Crippen LogP contribution < -0.4 is 15.4 Å². The van der Waals surface area contributed by atoms with Gasteiger partial charge in [-0.3, -0.25) is 0 Å². The Bertz CT molecular complexity index is 331. The molecule has 0 aliphatic carbocycles. The Hall–Kier alpha value is -0.580. The number of rotatable bonds is 8. The van der Waals surface area contributed by atoms with Crippen molar-refractivity contribution in [2.75, 3.05) is 33.8 Å². The molecular formula is C13H21BrN2O. The molecule has 0 fully saturated rings. The van der Waals surface area contributed by atoms with Gasteiger partial charge >= 0.3 is 0 Å². The van der Waals surface area contributed by atoms with Gasteiger partial charge in [-0.15, -0.1) is 0 Å². The summed E-state index contributed by atoms with van der Waals surface area (Å²) in [6.07, 6.45) is 2.21. The zero-order valence-corrected chi connectivity index (χ0v) is 12.1. The van der Waals surface area contributed by atoms with E-state index in [0.717, 1.165) is 36.3 Å². The highest BCUT2D eigenvalue weighted by molar-refractivity contribution is 9.10. The summed E-state index contributed by atoms with van der Waals surface area (Å²) < 4.78 is 6.22. The van der Waals surface area contributed by atoms with Gasteiger partial charge in [-0.2, -0.15) is 0 Å². The van der Waals surface area contributed by atoms with Crippen LogP contribution in [-0.4, -0.2) is 33.8 Å². The molecule has 1 aromatic rings. The standard InChI is InChI=1S/C13H21BrN2O/c1-15-7-3-8-16-9-6-11-4-5-13(17-2)12(14)10-11/h4-5,10,15-16H,3,6-9H2,1-2H3. The molecule has 96 valence electrons. The van der Waals surface area contributed by atoms with Crippen LogP contribution in [0.5, 0.6) is 5.75 Å². The minimum absolute atomic E-state index is 0.885. The summed E-state index contributed by atoms with van der Waals surface area (Å²) >= 11 is 3.50. The second kappa shape index (κ2) is 8.50. The molecule has 17 heavy (non-hydrogen) atoms. The lowest BCUT2D eigenvalue weighted by atomic mass is 10.1. The van der Waals surface area contributed by atoms with E-state index in [0.29, 0.717) is 0 Å². The minimum atomic E-state index is 0.885. The summed E-state index contributed by atoms with van der Waals surface area (Å²) in [6, 6.07) is 6.23. The van der Waals surface area contributed by atoms with Crippen LogP contribution in [0.2, 0.25) is 0 Å². The van der Waals surface area contributed by atoms with E-state index in [2.05, 4.69) is 38.7 Å². The van der Waals surface area contributed by atoms with Crippen molar-refractivity contribution in [2.24, 2.45) is 0 Å². The van der Waals surface area contributed by atoms with Crippen molar-refractivity contribution >= 4 is 15.9 Å². The Kier molecular flexibility index (Phi) is 7.24. The van der Waals surface area contributed by atoms with Crippen molar-refractivity contribution in [3.63, 3.8) is 0 Å². The number of nitrogens with one attached hydrogen (secondary N) is 2. The van der Waals surface area contributed by atoms with Crippen molar-refractivity contribution in [3.05, 3.63) is 28.2 Å². The molecule has 0 amide bonds. The van der Waals surface area contributed by atoms with Gasteiger partial charge in [0.15, 0.2) is 0 Å². The molecule has 0 aliphatic rings. The normalized spacial score (nSPS) is 10.5. The van der Waals surface area contributed by atoms with Crippen molar-refractivity contribution in [2.45, 2.75) is 12.8 Å². The van der Waals surface area contributed by atoms with Crippen LogP contribution in [-0.2, 0) is 6.42 Å². The highest BCUT2D eigenvalue weighted by Gasteiger charge is 2.00. The Morgan fingerprint density at radius 3 is 2.71 bits per heavy atom.